The summed E-state index contributed by atoms with van der Waals surface area (Å²) in [7, 11) is -4.03. The van der Waals surface area contributed by atoms with Crippen molar-refractivity contribution in [3.05, 3.63) is 66.4 Å². The third kappa shape index (κ3) is 2.27. The Morgan fingerprint density at radius 3 is 2.38 bits per heavy atom. The third-order valence-corrected chi connectivity index (χ3v) is 4.83. The number of pyridine rings is 1. The Bertz CT molecular complexity index is 939. The fourth-order valence-corrected chi connectivity index (χ4v) is 3.35. The predicted molar refractivity (Wildman–Crippen MR) is 73.6 cm³/mol. The van der Waals surface area contributed by atoms with Crippen molar-refractivity contribution in [2.75, 3.05) is 0 Å². The van der Waals surface area contributed by atoms with E-state index in [4.69, 9.17) is 0 Å². The molecule has 1 aromatic heterocycles. The number of para-hydroxylation sites is 1. The highest BCUT2D eigenvalue weighted by molar-refractivity contribution is 7.91. The van der Waals surface area contributed by atoms with Crippen molar-refractivity contribution in [2.24, 2.45) is 0 Å². The van der Waals surface area contributed by atoms with E-state index in [1.807, 2.05) is 0 Å². The molecule has 2 aromatic carbocycles. The van der Waals surface area contributed by atoms with Gasteiger partial charge in [-0.25, -0.2) is 17.2 Å². The molecule has 3 nitrogen and oxygen atoms in total. The van der Waals surface area contributed by atoms with Crippen LogP contribution >= 0.6 is 0 Å². The molecule has 3 rings (SSSR count). The Balaban J connectivity index is 2.23. The van der Waals surface area contributed by atoms with E-state index in [-0.39, 0.29) is 10.4 Å². The Labute approximate surface area is 119 Å². The van der Waals surface area contributed by atoms with Crippen molar-refractivity contribution in [2.45, 2.75) is 9.79 Å². The van der Waals surface area contributed by atoms with Crippen molar-refractivity contribution in [3.8, 4) is 0 Å². The Kier molecular flexibility index (Phi) is 3.17. The van der Waals surface area contributed by atoms with Crippen LogP contribution in [0.4, 0.5) is 8.78 Å². The van der Waals surface area contributed by atoms with Crippen molar-refractivity contribution < 1.29 is 17.2 Å². The maximum Gasteiger partial charge on any atom is 0.211 e. The molecular formula is C15H9F2NO2S. The van der Waals surface area contributed by atoms with Crippen LogP contribution in [0.15, 0.2) is 64.5 Å². The number of hydrogen-bond acceptors (Lipinski definition) is 3. The lowest BCUT2D eigenvalue weighted by Gasteiger charge is -2.06. The number of rotatable bonds is 2. The molecule has 0 spiro atoms. The second-order valence-electron chi connectivity index (χ2n) is 4.42. The highest BCUT2D eigenvalue weighted by atomic mass is 32.2. The van der Waals surface area contributed by atoms with E-state index in [9.17, 15) is 17.2 Å². The summed E-state index contributed by atoms with van der Waals surface area (Å²) in [5.41, 5.74) is 0.0741. The van der Waals surface area contributed by atoms with Crippen LogP contribution in [0.1, 0.15) is 0 Å². The summed E-state index contributed by atoms with van der Waals surface area (Å²) in [6, 6.07) is 10.6. The number of sulfone groups is 1. The Morgan fingerprint density at radius 1 is 0.905 bits per heavy atom. The minimum atomic E-state index is -4.03. The number of aromatic nitrogens is 1. The number of halogens is 2. The normalized spacial score (nSPS) is 11.7. The van der Waals surface area contributed by atoms with Gasteiger partial charge in [0.25, 0.3) is 0 Å². The van der Waals surface area contributed by atoms with Crippen LogP contribution in [-0.2, 0) is 9.84 Å². The van der Waals surface area contributed by atoms with Gasteiger partial charge in [0, 0.05) is 11.6 Å². The average molecular weight is 305 g/mol. The minimum absolute atomic E-state index is 0.0741. The quantitative estimate of drug-likeness (QED) is 0.729. The van der Waals surface area contributed by atoms with Gasteiger partial charge in [-0.15, -0.1) is 0 Å². The second-order valence-corrected chi connectivity index (χ2v) is 6.33. The zero-order valence-electron chi connectivity index (χ0n) is 10.6. The molecular weight excluding hydrogens is 296 g/mol. The van der Waals surface area contributed by atoms with Gasteiger partial charge < -0.3 is 0 Å². The monoisotopic (exact) mass is 305 g/mol. The smallest absolute Gasteiger partial charge is 0.211 e. The van der Waals surface area contributed by atoms with Crippen LogP contribution in [0.2, 0.25) is 0 Å². The molecule has 0 amide bonds. The van der Waals surface area contributed by atoms with Gasteiger partial charge in [-0.2, -0.15) is 0 Å². The first-order valence-corrected chi connectivity index (χ1v) is 7.52. The fraction of sp³-hybridized carbons (Fsp3) is 0. The highest BCUT2D eigenvalue weighted by Gasteiger charge is 2.22. The van der Waals surface area contributed by atoms with Crippen LogP contribution in [0.5, 0.6) is 0 Å². The molecule has 6 heteroatoms. The average Bonchev–Trinajstić information content (AvgIpc) is 2.47. The van der Waals surface area contributed by atoms with Gasteiger partial charge in [0.1, 0.15) is 22.0 Å². The van der Waals surface area contributed by atoms with E-state index in [1.54, 1.807) is 6.07 Å². The molecule has 0 saturated heterocycles. The lowest BCUT2D eigenvalue weighted by Crippen LogP contribution is -2.05. The summed E-state index contributed by atoms with van der Waals surface area (Å²) in [4.78, 5) is 3.22. The highest BCUT2D eigenvalue weighted by Crippen LogP contribution is 2.25. The summed E-state index contributed by atoms with van der Waals surface area (Å²) in [6.45, 7) is 0. The van der Waals surface area contributed by atoms with Crippen LogP contribution in [0.25, 0.3) is 10.9 Å². The largest absolute Gasteiger partial charge is 0.252 e. The van der Waals surface area contributed by atoms with Gasteiger partial charge in [0.15, 0.2) is 0 Å². The first-order chi connectivity index (χ1) is 10.00. The SMILES string of the molecule is O=S(=O)(c1cnc2c(F)cccc2c1)c1ccccc1F. The molecule has 0 aliphatic heterocycles. The van der Waals surface area contributed by atoms with Gasteiger partial charge in [-0.3, -0.25) is 4.98 Å². The molecule has 0 aliphatic rings. The van der Waals surface area contributed by atoms with Crippen molar-refractivity contribution in [1.29, 1.82) is 0 Å². The molecule has 0 N–H and O–H groups in total. The summed E-state index contributed by atoms with van der Waals surface area (Å²) >= 11 is 0. The van der Waals surface area contributed by atoms with E-state index >= 15 is 0 Å². The maximum atomic E-state index is 13.7. The van der Waals surface area contributed by atoms with Crippen molar-refractivity contribution in [3.63, 3.8) is 0 Å². The maximum absolute atomic E-state index is 13.7. The third-order valence-electron chi connectivity index (χ3n) is 3.07. The zero-order valence-corrected chi connectivity index (χ0v) is 11.4. The fourth-order valence-electron chi connectivity index (χ4n) is 2.04. The number of fused-ring (bicyclic) bond motifs is 1. The molecule has 0 aliphatic carbocycles. The number of benzene rings is 2. The first kappa shape index (κ1) is 13.6. The minimum Gasteiger partial charge on any atom is -0.252 e. The van der Waals surface area contributed by atoms with Crippen LogP contribution in [-0.4, -0.2) is 13.4 Å². The standard InChI is InChI=1S/C15H9F2NO2S/c16-12-5-1-2-7-14(12)21(19,20)11-8-10-4-3-6-13(17)15(10)18-9-11/h1-9H. The molecule has 1 heterocycles. The Morgan fingerprint density at radius 2 is 1.62 bits per heavy atom. The van der Waals surface area contributed by atoms with Gasteiger partial charge in [-0.05, 0) is 24.3 Å². The van der Waals surface area contributed by atoms with E-state index in [1.165, 1.54) is 36.4 Å². The molecule has 0 bridgehead atoms. The number of nitrogens with zero attached hydrogens (tertiary/aromatic N) is 1. The van der Waals surface area contributed by atoms with Crippen molar-refractivity contribution in [1.82, 2.24) is 4.98 Å². The lowest BCUT2D eigenvalue weighted by molar-refractivity contribution is 0.566. The van der Waals surface area contributed by atoms with E-state index in [2.05, 4.69) is 4.98 Å². The molecule has 0 fully saturated rings. The summed E-state index contributed by atoms with van der Waals surface area (Å²) < 4.78 is 52.0. The number of hydrogen-bond donors (Lipinski definition) is 0. The van der Waals surface area contributed by atoms with E-state index in [0.29, 0.717) is 5.39 Å². The van der Waals surface area contributed by atoms with Gasteiger partial charge in [0.2, 0.25) is 9.84 Å². The lowest BCUT2D eigenvalue weighted by atomic mass is 10.2. The van der Waals surface area contributed by atoms with Gasteiger partial charge in [-0.1, -0.05) is 24.3 Å². The van der Waals surface area contributed by atoms with E-state index in [0.717, 1.165) is 12.3 Å². The molecule has 0 radical (unpaired) electrons. The van der Waals surface area contributed by atoms with Crippen LogP contribution in [0, 0.1) is 11.6 Å². The summed E-state index contributed by atoms with van der Waals surface area (Å²) in [5.74, 6) is -1.38. The summed E-state index contributed by atoms with van der Waals surface area (Å²) in [6.07, 6.45) is 1.03. The molecule has 106 valence electrons. The zero-order chi connectivity index (χ0) is 15.0. The first-order valence-electron chi connectivity index (χ1n) is 6.04. The van der Waals surface area contributed by atoms with Crippen LogP contribution in [0.3, 0.4) is 0 Å². The van der Waals surface area contributed by atoms with E-state index < -0.39 is 26.4 Å². The second kappa shape index (κ2) is 4.89. The van der Waals surface area contributed by atoms with Gasteiger partial charge in [0.05, 0.1) is 4.90 Å². The molecule has 0 unspecified atom stereocenters. The molecule has 0 atom stereocenters. The summed E-state index contributed by atoms with van der Waals surface area (Å²) in [5, 5.41) is 0.340. The molecule has 21 heavy (non-hydrogen) atoms. The topological polar surface area (TPSA) is 47.0 Å². The van der Waals surface area contributed by atoms with Gasteiger partial charge >= 0.3 is 0 Å². The molecule has 0 saturated carbocycles. The predicted octanol–water partition coefficient (Wildman–Crippen LogP) is 3.35. The van der Waals surface area contributed by atoms with Crippen LogP contribution < -0.4 is 0 Å². The Hall–Kier alpha value is -2.34. The van der Waals surface area contributed by atoms with Crippen molar-refractivity contribution >= 4 is 20.7 Å². The molecule has 3 aromatic rings.